The molecule has 1 aromatic heterocycles. The van der Waals surface area contributed by atoms with Gasteiger partial charge in [0.1, 0.15) is 11.4 Å². The predicted molar refractivity (Wildman–Crippen MR) is 121 cm³/mol. The van der Waals surface area contributed by atoms with Crippen molar-refractivity contribution in [1.29, 1.82) is 0 Å². The molecule has 0 N–H and O–H groups in total. The molecule has 5 heteroatoms. The number of aromatic nitrogens is 1. The number of piperidine rings is 1. The Hall–Kier alpha value is -2.14. The molecule has 0 spiro atoms. The van der Waals surface area contributed by atoms with Crippen LogP contribution in [0, 0.1) is 0 Å². The number of amides is 1. The predicted octanol–water partition coefficient (Wildman–Crippen LogP) is 4.89. The van der Waals surface area contributed by atoms with Crippen molar-refractivity contribution in [2.75, 3.05) is 33.3 Å². The lowest BCUT2D eigenvalue weighted by molar-refractivity contribution is 0.0690. The summed E-state index contributed by atoms with van der Waals surface area (Å²) in [6.07, 6.45) is 11.0. The van der Waals surface area contributed by atoms with Gasteiger partial charge in [0.05, 0.1) is 12.1 Å². The van der Waals surface area contributed by atoms with E-state index >= 15 is 0 Å². The van der Waals surface area contributed by atoms with Gasteiger partial charge in [0.25, 0.3) is 5.91 Å². The number of hydrogen-bond acceptors (Lipinski definition) is 4. The van der Waals surface area contributed by atoms with E-state index in [0.29, 0.717) is 11.7 Å². The fourth-order valence-corrected chi connectivity index (χ4v) is 4.79. The Labute approximate surface area is 180 Å². The fraction of sp³-hybridized carbons (Fsp3) is 0.600. The Morgan fingerprint density at radius 2 is 1.83 bits per heavy atom. The Kier molecular flexibility index (Phi) is 7.21. The quantitative estimate of drug-likeness (QED) is 0.611. The van der Waals surface area contributed by atoms with Gasteiger partial charge in [-0.25, -0.2) is 4.98 Å². The molecule has 1 saturated carbocycles. The van der Waals surface area contributed by atoms with Gasteiger partial charge >= 0.3 is 0 Å². The summed E-state index contributed by atoms with van der Waals surface area (Å²) in [6, 6.07) is 10.2. The number of benzene rings is 1. The van der Waals surface area contributed by atoms with E-state index in [0.717, 1.165) is 49.1 Å². The second-order valence-corrected chi connectivity index (χ2v) is 8.86. The van der Waals surface area contributed by atoms with Gasteiger partial charge in [0.2, 0.25) is 0 Å². The minimum absolute atomic E-state index is 0.0295. The van der Waals surface area contributed by atoms with Gasteiger partial charge in [-0.2, -0.15) is 0 Å². The van der Waals surface area contributed by atoms with Crippen molar-refractivity contribution < 1.29 is 9.53 Å². The van der Waals surface area contributed by atoms with Crippen molar-refractivity contribution in [3.05, 3.63) is 36.0 Å². The van der Waals surface area contributed by atoms with E-state index in [2.05, 4.69) is 9.88 Å². The Bertz CT molecular complexity index is 841. The van der Waals surface area contributed by atoms with E-state index in [-0.39, 0.29) is 5.91 Å². The first-order valence-corrected chi connectivity index (χ1v) is 11.7. The maximum Gasteiger partial charge on any atom is 0.272 e. The third kappa shape index (κ3) is 5.31. The molecule has 4 rings (SSSR count). The zero-order valence-electron chi connectivity index (χ0n) is 18.3. The van der Waals surface area contributed by atoms with E-state index in [1.165, 1.54) is 51.6 Å². The number of hydrogen-bond donors (Lipinski definition) is 0. The highest BCUT2D eigenvalue weighted by atomic mass is 16.5. The number of likely N-dealkylation sites (tertiary alicyclic amines) is 1. The van der Waals surface area contributed by atoms with Crippen LogP contribution in [0.15, 0.2) is 30.3 Å². The van der Waals surface area contributed by atoms with Crippen LogP contribution in [-0.4, -0.2) is 60.0 Å². The number of ether oxygens (including phenoxy) is 1. The monoisotopic (exact) mass is 409 g/mol. The molecule has 162 valence electrons. The highest BCUT2D eigenvalue weighted by molar-refractivity contribution is 5.95. The van der Waals surface area contributed by atoms with Crippen molar-refractivity contribution >= 4 is 16.8 Å². The number of carbonyl (C=O) groups excluding carboxylic acids is 1. The van der Waals surface area contributed by atoms with E-state index in [9.17, 15) is 4.79 Å². The van der Waals surface area contributed by atoms with E-state index in [4.69, 9.17) is 4.74 Å². The minimum atomic E-state index is 0.0295. The average Bonchev–Trinajstić information content (AvgIpc) is 2.81. The van der Waals surface area contributed by atoms with Crippen molar-refractivity contribution in [2.45, 2.75) is 63.8 Å². The molecule has 1 amide bonds. The Morgan fingerprint density at radius 3 is 2.63 bits per heavy atom. The highest BCUT2D eigenvalue weighted by Gasteiger charge is 2.23. The number of nitrogens with zero attached hydrogens (tertiary/aromatic N) is 3. The number of fused-ring (bicyclic) bond motifs is 1. The van der Waals surface area contributed by atoms with Gasteiger partial charge < -0.3 is 14.5 Å². The van der Waals surface area contributed by atoms with Gasteiger partial charge in [-0.15, -0.1) is 0 Å². The molecule has 30 heavy (non-hydrogen) atoms. The summed E-state index contributed by atoms with van der Waals surface area (Å²) in [4.78, 5) is 22.0. The van der Waals surface area contributed by atoms with Crippen LogP contribution >= 0.6 is 0 Å². The number of pyridine rings is 1. The third-order valence-electron chi connectivity index (χ3n) is 6.66. The van der Waals surface area contributed by atoms with Crippen molar-refractivity contribution in [3.63, 3.8) is 0 Å². The standard InChI is InChI=1S/C25H35N3O2/c1-27(21-9-4-2-5-10-21)25(29)24-13-11-20-19-22(12-14-23(20)26-24)30-18-8-17-28-15-6-3-7-16-28/h11-14,19,21H,2-10,15-18H2,1H3. The van der Waals surface area contributed by atoms with Gasteiger partial charge in [-0.3, -0.25) is 4.79 Å². The summed E-state index contributed by atoms with van der Waals surface area (Å²) >= 11 is 0. The largest absolute Gasteiger partial charge is 0.494 e. The normalized spacial score (nSPS) is 18.4. The summed E-state index contributed by atoms with van der Waals surface area (Å²) in [5.74, 6) is 0.906. The smallest absolute Gasteiger partial charge is 0.272 e. The molecule has 0 radical (unpaired) electrons. The second kappa shape index (κ2) is 10.3. The van der Waals surface area contributed by atoms with Crippen LogP contribution < -0.4 is 4.74 Å². The van der Waals surface area contributed by atoms with E-state index in [1.54, 1.807) is 0 Å². The lowest BCUT2D eigenvalue weighted by Crippen LogP contribution is -2.38. The van der Waals surface area contributed by atoms with Gasteiger partial charge in [-0.05, 0) is 69.5 Å². The molecule has 1 aliphatic carbocycles. The van der Waals surface area contributed by atoms with Crippen LogP contribution in [0.3, 0.4) is 0 Å². The molecule has 5 nitrogen and oxygen atoms in total. The molecule has 1 saturated heterocycles. The summed E-state index contributed by atoms with van der Waals surface area (Å²) in [6.45, 7) is 4.32. The first-order valence-electron chi connectivity index (χ1n) is 11.7. The Balaban J connectivity index is 1.33. The number of carbonyl (C=O) groups is 1. The third-order valence-corrected chi connectivity index (χ3v) is 6.66. The van der Waals surface area contributed by atoms with E-state index in [1.807, 2.05) is 42.3 Å². The second-order valence-electron chi connectivity index (χ2n) is 8.86. The first-order chi connectivity index (χ1) is 14.7. The van der Waals surface area contributed by atoms with Gasteiger partial charge in [-0.1, -0.05) is 31.7 Å². The molecule has 2 fully saturated rings. The molecule has 0 atom stereocenters. The van der Waals surface area contributed by atoms with Crippen LogP contribution in [0.4, 0.5) is 0 Å². The minimum Gasteiger partial charge on any atom is -0.494 e. The molecule has 1 aliphatic heterocycles. The van der Waals surface area contributed by atoms with Crippen LogP contribution in [0.25, 0.3) is 10.9 Å². The maximum atomic E-state index is 12.9. The van der Waals surface area contributed by atoms with Gasteiger partial charge in [0.15, 0.2) is 0 Å². The average molecular weight is 410 g/mol. The van der Waals surface area contributed by atoms with Gasteiger partial charge in [0, 0.05) is 25.0 Å². The Morgan fingerprint density at radius 1 is 1.07 bits per heavy atom. The zero-order chi connectivity index (χ0) is 20.8. The number of rotatable bonds is 7. The molecule has 0 unspecified atom stereocenters. The zero-order valence-corrected chi connectivity index (χ0v) is 18.3. The summed E-state index contributed by atoms with van der Waals surface area (Å²) < 4.78 is 5.97. The topological polar surface area (TPSA) is 45.7 Å². The van der Waals surface area contributed by atoms with Crippen molar-refractivity contribution in [2.24, 2.45) is 0 Å². The maximum absolute atomic E-state index is 12.9. The molecule has 2 aliphatic rings. The van der Waals surface area contributed by atoms with Crippen LogP contribution in [0.2, 0.25) is 0 Å². The van der Waals surface area contributed by atoms with Crippen LogP contribution in [0.5, 0.6) is 5.75 Å². The summed E-state index contributed by atoms with van der Waals surface area (Å²) in [5, 5.41) is 1.01. The van der Waals surface area contributed by atoms with Crippen LogP contribution in [-0.2, 0) is 0 Å². The fourth-order valence-electron chi connectivity index (χ4n) is 4.79. The van der Waals surface area contributed by atoms with Crippen molar-refractivity contribution in [3.8, 4) is 5.75 Å². The lowest BCUT2D eigenvalue weighted by atomic mass is 9.94. The highest BCUT2D eigenvalue weighted by Crippen LogP contribution is 2.24. The molecule has 2 aromatic rings. The van der Waals surface area contributed by atoms with Crippen molar-refractivity contribution in [1.82, 2.24) is 14.8 Å². The first kappa shape index (κ1) is 21.1. The molecule has 0 bridgehead atoms. The van der Waals surface area contributed by atoms with E-state index < -0.39 is 0 Å². The SMILES string of the molecule is CN(C(=O)c1ccc2cc(OCCCN3CCCCC3)ccc2n1)C1CCCCC1. The molecule has 2 heterocycles. The summed E-state index contributed by atoms with van der Waals surface area (Å²) in [5.41, 5.74) is 1.38. The molecular formula is C25H35N3O2. The summed E-state index contributed by atoms with van der Waals surface area (Å²) in [7, 11) is 1.92. The van der Waals surface area contributed by atoms with Crippen LogP contribution in [0.1, 0.15) is 68.3 Å². The molecule has 1 aromatic carbocycles. The lowest BCUT2D eigenvalue weighted by Gasteiger charge is -2.31. The molecular weight excluding hydrogens is 374 g/mol.